The summed E-state index contributed by atoms with van der Waals surface area (Å²) in [6, 6.07) is 0. The van der Waals surface area contributed by atoms with E-state index in [0.29, 0.717) is 6.61 Å². The lowest BCUT2D eigenvalue weighted by molar-refractivity contribution is -0.304. The summed E-state index contributed by atoms with van der Waals surface area (Å²) in [5, 5.41) is 9.99. The van der Waals surface area contributed by atoms with Gasteiger partial charge < -0.3 is 19.4 Å². The Balaban J connectivity index is 0.000000411. The van der Waals surface area contributed by atoms with E-state index >= 15 is 0 Å². The van der Waals surface area contributed by atoms with Crippen molar-refractivity contribution in [1.29, 1.82) is 0 Å². The van der Waals surface area contributed by atoms with Gasteiger partial charge in [-0.05, 0) is 32.6 Å². The number of hydrogen-bond acceptors (Lipinski definition) is 6. The van der Waals surface area contributed by atoms with Crippen molar-refractivity contribution < 1.29 is 29.0 Å². The Morgan fingerprint density at radius 2 is 1.72 bits per heavy atom. The molecule has 0 unspecified atom stereocenters. The first-order valence-corrected chi connectivity index (χ1v) is 6.02. The highest BCUT2D eigenvalue weighted by Crippen LogP contribution is 2.20. The Hall–Kier alpha value is -1.59. The largest absolute Gasteiger partial charge is 0.539 e. The standard InChI is InChI=1S/C8H12O4.C4H8O2/c9-7(10)8(11)12-6-4-2-1-3-5-6;1-3-6-4(2)5/h6H,1-5H2,(H,9,10);3H2,1-2H3/p-1. The third kappa shape index (κ3) is 8.55. The SMILES string of the molecule is CCOC(C)=O.O=C([O-])C(=O)OC1CCCCC1. The van der Waals surface area contributed by atoms with Crippen molar-refractivity contribution in [1.82, 2.24) is 0 Å². The lowest BCUT2D eigenvalue weighted by atomic mass is 9.98. The molecule has 0 bridgehead atoms. The minimum absolute atomic E-state index is 0.204. The number of carboxylic acid groups (broad SMARTS) is 1. The van der Waals surface area contributed by atoms with E-state index in [1.807, 2.05) is 0 Å². The lowest BCUT2D eigenvalue weighted by Gasteiger charge is -2.21. The molecule has 1 aliphatic carbocycles. The van der Waals surface area contributed by atoms with Crippen LogP contribution in [0.25, 0.3) is 0 Å². The maximum Gasteiger partial charge on any atom is 0.354 e. The van der Waals surface area contributed by atoms with Gasteiger partial charge in [-0.1, -0.05) is 6.42 Å². The first kappa shape index (κ1) is 16.4. The maximum absolute atomic E-state index is 10.5. The maximum atomic E-state index is 10.5. The van der Waals surface area contributed by atoms with Crippen molar-refractivity contribution in [3.8, 4) is 0 Å². The molecule has 1 rings (SSSR count). The molecule has 1 fully saturated rings. The van der Waals surface area contributed by atoms with Crippen LogP contribution in [-0.4, -0.2) is 30.6 Å². The summed E-state index contributed by atoms with van der Waals surface area (Å²) < 4.78 is 9.05. The summed E-state index contributed by atoms with van der Waals surface area (Å²) >= 11 is 0. The minimum atomic E-state index is -1.75. The minimum Gasteiger partial charge on any atom is -0.539 e. The number of aliphatic carboxylic acids is 1. The number of carboxylic acids is 1. The molecule has 104 valence electrons. The van der Waals surface area contributed by atoms with Gasteiger partial charge in [0.1, 0.15) is 6.10 Å². The van der Waals surface area contributed by atoms with E-state index in [4.69, 9.17) is 0 Å². The Labute approximate surface area is 106 Å². The molecule has 0 aromatic heterocycles. The van der Waals surface area contributed by atoms with E-state index in [2.05, 4.69) is 9.47 Å². The van der Waals surface area contributed by atoms with Gasteiger partial charge in [0.2, 0.25) is 0 Å². The van der Waals surface area contributed by atoms with E-state index < -0.39 is 11.9 Å². The average molecular weight is 259 g/mol. The fraction of sp³-hybridized carbons (Fsp3) is 0.750. The van der Waals surface area contributed by atoms with Crippen molar-refractivity contribution in [3.63, 3.8) is 0 Å². The second-order valence-corrected chi connectivity index (χ2v) is 3.88. The number of carbonyl (C=O) groups is 3. The number of carbonyl (C=O) groups excluding carboxylic acids is 3. The molecule has 0 heterocycles. The molecule has 0 spiro atoms. The van der Waals surface area contributed by atoms with Crippen molar-refractivity contribution in [2.24, 2.45) is 0 Å². The molecule has 0 aromatic carbocycles. The zero-order valence-electron chi connectivity index (χ0n) is 10.8. The molecule has 18 heavy (non-hydrogen) atoms. The highest BCUT2D eigenvalue weighted by molar-refractivity contribution is 6.27. The zero-order chi connectivity index (χ0) is 14.0. The van der Waals surface area contributed by atoms with Crippen LogP contribution in [0.1, 0.15) is 46.0 Å². The van der Waals surface area contributed by atoms with Crippen molar-refractivity contribution in [2.75, 3.05) is 6.61 Å². The van der Waals surface area contributed by atoms with Crippen LogP contribution in [0.2, 0.25) is 0 Å². The summed E-state index contributed by atoms with van der Waals surface area (Å²) in [7, 11) is 0. The van der Waals surface area contributed by atoms with Crippen LogP contribution in [0, 0.1) is 0 Å². The van der Waals surface area contributed by atoms with Gasteiger partial charge in [0.15, 0.2) is 5.97 Å². The average Bonchev–Trinajstić information content (AvgIpc) is 2.30. The molecule has 1 saturated carbocycles. The lowest BCUT2D eigenvalue weighted by Crippen LogP contribution is -2.36. The van der Waals surface area contributed by atoms with Crippen LogP contribution in [0.3, 0.4) is 0 Å². The van der Waals surface area contributed by atoms with Gasteiger partial charge in [0.05, 0.1) is 6.61 Å². The monoisotopic (exact) mass is 259 g/mol. The van der Waals surface area contributed by atoms with Gasteiger partial charge in [-0.2, -0.15) is 0 Å². The first-order chi connectivity index (χ1) is 8.47. The molecule has 1 aliphatic rings. The van der Waals surface area contributed by atoms with Gasteiger partial charge in [-0.15, -0.1) is 0 Å². The smallest absolute Gasteiger partial charge is 0.354 e. The van der Waals surface area contributed by atoms with Crippen LogP contribution < -0.4 is 5.11 Å². The topological polar surface area (TPSA) is 92.7 Å². The summed E-state index contributed by atoms with van der Waals surface area (Å²) in [5.74, 6) is -3.19. The second-order valence-electron chi connectivity index (χ2n) is 3.88. The summed E-state index contributed by atoms with van der Waals surface area (Å²) in [6.07, 6.45) is 4.50. The van der Waals surface area contributed by atoms with Crippen LogP contribution in [0.4, 0.5) is 0 Å². The van der Waals surface area contributed by atoms with Gasteiger partial charge in [-0.3, -0.25) is 4.79 Å². The van der Waals surface area contributed by atoms with E-state index in [9.17, 15) is 19.5 Å². The zero-order valence-corrected chi connectivity index (χ0v) is 10.8. The molecule has 0 saturated heterocycles. The molecule has 0 radical (unpaired) electrons. The summed E-state index contributed by atoms with van der Waals surface area (Å²) in [6.45, 7) is 3.65. The molecular formula is C12H19O6-. The second kappa shape index (κ2) is 9.44. The molecule has 0 atom stereocenters. The highest BCUT2D eigenvalue weighted by Gasteiger charge is 2.17. The molecule has 6 heteroatoms. The van der Waals surface area contributed by atoms with E-state index in [1.54, 1.807) is 6.92 Å². The van der Waals surface area contributed by atoms with Crippen LogP contribution >= 0.6 is 0 Å². The third-order valence-electron chi connectivity index (χ3n) is 2.34. The van der Waals surface area contributed by atoms with E-state index in [0.717, 1.165) is 32.1 Å². The first-order valence-electron chi connectivity index (χ1n) is 6.02. The molecular weight excluding hydrogens is 240 g/mol. The Morgan fingerprint density at radius 3 is 2.06 bits per heavy atom. The van der Waals surface area contributed by atoms with Crippen LogP contribution in [-0.2, 0) is 23.9 Å². The normalized spacial score (nSPS) is 15.0. The predicted molar refractivity (Wildman–Crippen MR) is 60.3 cm³/mol. The van der Waals surface area contributed by atoms with Crippen molar-refractivity contribution in [3.05, 3.63) is 0 Å². The van der Waals surface area contributed by atoms with Gasteiger partial charge in [0, 0.05) is 6.92 Å². The molecule has 0 amide bonds. The fourth-order valence-corrected chi connectivity index (χ4v) is 1.59. The number of ether oxygens (including phenoxy) is 2. The van der Waals surface area contributed by atoms with Crippen LogP contribution in [0.5, 0.6) is 0 Å². The van der Waals surface area contributed by atoms with Gasteiger partial charge in [-0.25, -0.2) is 4.79 Å². The van der Waals surface area contributed by atoms with E-state index in [1.165, 1.54) is 6.92 Å². The number of esters is 2. The van der Waals surface area contributed by atoms with Gasteiger partial charge >= 0.3 is 11.9 Å². The van der Waals surface area contributed by atoms with Crippen molar-refractivity contribution in [2.45, 2.75) is 52.1 Å². The van der Waals surface area contributed by atoms with E-state index in [-0.39, 0.29) is 12.1 Å². The Bertz CT molecular complexity index is 280. The molecule has 6 nitrogen and oxygen atoms in total. The summed E-state index contributed by atoms with van der Waals surface area (Å²) in [5.41, 5.74) is 0. The number of hydrogen-bond donors (Lipinski definition) is 0. The third-order valence-corrected chi connectivity index (χ3v) is 2.34. The highest BCUT2D eigenvalue weighted by atomic mass is 16.6. The fourth-order valence-electron chi connectivity index (χ4n) is 1.59. The number of rotatable bonds is 2. The van der Waals surface area contributed by atoms with Crippen molar-refractivity contribution >= 4 is 17.9 Å². The molecule has 0 aliphatic heterocycles. The quantitative estimate of drug-likeness (QED) is 0.519. The van der Waals surface area contributed by atoms with Crippen LogP contribution in [0.15, 0.2) is 0 Å². The Kier molecular flexibility index (Phi) is 8.61. The molecule has 0 N–H and O–H groups in total. The molecule has 0 aromatic rings. The van der Waals surface area contributed by atoms with Gasteiger partial charge in [0.25, 0.3) is 0 Å². The summed E-state index contributed by atoms with van der Waals surface area (Å²) in [4.78, 5) is 30.3. The predicted octanol–water partition coefficient (Wildman–Crippen LogP) is 0.182. The Morgan fingerprint density at radius 1 is 1.17 bits per heavy atom.